The van der Waals surface area contributed by atoms with Crippen LogP contribution in [-0.2, 0) is 0 Å². The highest BCUT2D eigenvalue weighted by Gasteiger charge is 2.03. The Morgan fingerprint density at radius 2 is 1.81 bits per heavy atom. The lowest BCUT2D eigenvalue weighted by atomic mass is 10.1. The van der Waals surface area contributed by atoms with E-state index in [9.17, 15) is 5.11 Å². The second-order valence-electron chi connectivity index (χ2n) is 3.66. The fourth-order valence-corrected chi connectivity index (χ4v) is 2.37. The molecule has 1 atom stereocenters. The van der Waals surface area contributed by atoms with Crippen molar-refractivity contribution in [1.82, 2.24) is 0 Å². The summed E-state index contributed by atoms with van der Waals surface area (Å²) >= 11 is 1.56. The van der Waals surface area contributed by atoms with Crippen molar-refractivity contribution in [2.75, 3.05) is 12.4 Å². The van der Waals surface area contributed by atoms with Gasteiger partial charge in [-0.1, -0.05) is 30.3 Å². The number of rotatable bonds is 4. The monoisotopic (exact) mass is 234 g/mol. The fraction of sp³-hybridized carbons (Fsp3) is 0.231. The van der Waals surface area contributed by atoms with E-state index in [-0.39, 0.29) is 6.61 Å². The fourth-order valence-electron chi connectivity index (χ4n) is 1.50. The Morgan fingerprint density at radius 3 is 2.56 bits per heavy atom. The van der Waals surface area contributed by atoms with E-state index in [0.717, 1.165) is 4.90 Å². The lowest BCUT2D eigenvalue weighted by Gasteiger charge is -2.07. The number of benzene rings is 2. The molecule has 0 aliphatic rings. The molecule has 3 heteroatoms. The van der Waals surface area contributed by atoms with Crippen LogP contribution in [0.25, 0.3) is 10.8 Å². The highest BCUT2D eigenvalue weighted by atomic mass is 32.2. The average Bonchev–Trinajstić information content (AvgIpc) is 2.35. The predicted octanol–water partition coefficient (Wildman–Crippen LogP) is 2.29. The molecule has 0 aliphatic carbocycles. The third kappa shape index (κ3) is 2.76. The van der Waals surface area contributed by atoms with Gasteiger partial charge in [0.05, 0.1) is 12.7 Å². The van der Waals surface area contributed by atoms with Gasteiger partial charge in [-0.25, -0.2) is 0 Å². The first kappa shape index (κ1) is 11.5. The molecule has 0 saturated heterocycles. The van der Waals surface area contributed by atoms with Gasteiger partial charge in [-0.05, 0) is 22.9 Å². The summed E-state index contributed by atoms with van der Waals surface area (Å²) in [5.41, 5.74) is 0. The van der Waals surface area contributed by atoms with Crippen molar-refractivity contribution in [2.24, 2.45) is 0 Å². The molecule has 16 heavy (non-hydrogen) atoms. The molecule has 84 valence electrons. The molecule has 0 aromatic heterocycles. The minimum absolute atomic E-state index is 0.180. The van der Waals surface area contributed by atoms with Crippen LogP contribution in [0.3, 0.4) is 0 Å². The van der Waals surface area contributed by atoms with E-state index in [0.29, 0.717) is 5.75 Å². The maximum atomic E-state index is 9.26. The molecule has 0 bridgehead atoms. The third-order valence-corrected chi connectivity index (χ3v) is 3.51. The standard InChI is InChI=1S/C13H14O2S/c14-8-12(15)9-16-13-6-5-10-3-1-2-4-11(10)7-13/h1-7,12,14-15H,8-9H2. The number of hydrogen-bond donors (Lipinski definition) is 2. The van der Waals surface area contributed by atoms with Crippen LogP contribution in [-0.4, -0.2) is 28.7 Å². The van der Waals surface area contributed by atoms with Crippen molar-refractivity contribution in [3.05, 3.63) is 42.5 Å². The van der Waals surface area contributed by atoms with Gasteiger partial charge >= 0.3 is 0 Å². The van der Waals surface area contributed by atoms with E-state index in [1.807, 2.05) is 18.2 Å². The van der Waals surface area contributed by atoms with Gasteiger partial charge in [-0.2, -0.15) is 0 Å². The number of thioether (sulfide) groups is 1. The first-order valence-electron chi connectivity index (χ1n) is 5.20. The molecule has 2 rings (SSSR count). The molecule has 2 aromatic rings. The third-order valence-electron chi connectivity index (χ3n) is 2.37. The zero-order valence-corrected chi connectivity index (χ0v) is 9.65. The minimum Gasteiger partial charge on any atom is -0.394 e. The van der Waals surface area contributed by atoms with Crippen molar-refractivity contribution in [3.8, 4) is 0 Å². The van der Waals surface area contributed by atoms with Crippen LogP contribution in [0, 0.1) is 0 Å². The summed E-state index contributed by atoms with van der Waals surface area (Å²) in [5, 5.41) is 20.4. The molecule has 1 unspecified atom stereocenters. The van der Waals surface area contributed by atoms with Crippen molar-refractivity contribution < 1.29 is 10.2 Å². The van der Waals surface area contributed by atoms with Crippen LogP contribution >= 0.6 is 11.8 Å². The van der Waals surface area contributed by atoms with Gasteiger partial charge in [0, 0.05) is 10.6 Å². The smallest absolute Gasteiger partial charge is 0.0864 e. The van der Waals surface area contributed by atoms with Crippen LogP contribution in [0.2, 0.25) is 0 Å². The highest BCUT2D eigenvalue weighted by Crippen LogP contribution is 2.23. The van der Waals surface area contributed by atoms with E-state index in [1.54, 1.807) is 11.8 Å². The topological polar surface area (TPSA) is 40.5 Å². The Balaban J connectivity index is 2.13. The molecule has 0 heterocycles. The molecule has 2 N–H and O–H groups in total. The maximum absolute atomic E-state index is 9.26. The summed E-state index contributed by atoms with van der Waals surface area (Å²) in [6.07, 6.45) is -0.642. The maximum Gasteiger partial charge on any atom is 0.0864 e. The van der Waals surface area contributed by atoms with Crippen LogP contribution in [0.5, 0.6) is 0 Å². The van der Waals surface area contributed by atoms with E-state index >= 15 is 0 Å². The first-order valence-corrected chi connectivity index (χ1v) is 6.18. The molecule has 0 amide bonds. The number of fused-ring (bicyclic) bond motifs is 1. The van der Waals surface area contributed by atoms with E-state index in [4.69, 9.17) is 5.11 Å². The van der Waals surface area contributed by atoms with E-state index in [2.05, 4.69) is 24.3 Å². The Hall–Kier alpha value is -1.03. The zero-order chi connectivity index (χ0) is 11.4. The largest absolute Gasteiger partial charge is 0.394 e. The number of hydrogen-bond acceptors (Lipinski definition) is 3. The summed E-state index contributed by atoms with van der Waals surface area (Å²) in [5.74, 6) is 0.523. The van der Waals surface area contributed by atoms with Gasteiger partial charge in [-0.3, -0.25) is 0 Å². The van der Waals surface area contributed by atoms with Gasteiger partial charge in [0.15, 0.2) is 0 Å². The van der Waals surface area contributed by atoms with Crippen LogP contribution < -0.4 is 0 Å². The second-order valence-corrected chi connectivity index (χ2v) is 4.75. The van der Waals surface area contributed by atoms with Gasteiger partial charge in [-0.15, -0.1) is 11.8 Å². The van der Waals surface area contributed by atoms with Crippen LogP contribution in [0.1, 0.15) is 0 Å². The Bertz CT molecular complexity index is 470. The van der Waals surface area contributed by atoms with Crippen LogP contribution in [0.4, 0.5) is 0 Å². The minimum atomic E-state index is -0.642. The molecule has 2 nitrogen and oxygen atoms in total. The van der Waals surface area contributed by atoms with Gasteiger partial charge in [0.25, 0.3) is 0 Å². The lowest BCUT2D eigenvalue weighted by Crippen LogP contribution is -2.14. The lowest BCUT2D eigenvalue weighted by molar-refractivity contribution is 0.113. The Labute approximate surface area is 98.9 Å². The number of aliphatic hydroxyl groups excluding tert-OH is 2. The van der Waals surface area contributed by atoms with E-state index in [1.165, 1.54) is 10.8 Å². The van der Waals surface area contributed by atoms with E-state index < -0.39 is 6.10 Å². The predicted molar refractivity (Wildman–Crippen MR) is 67.8 cm³/mol. The van der Waals surface area contributed by atoms with Crippen molar-refractivity contribution in [2.45, 2.75) is 11.0 Å². The SMILES string of the molecule is OCC(O)CSc1ccc2ccccc2c1. The molecule has 0 saturated carbocycles. The first-order chi connectivity index (χ1) is 7.79. The number of aliphatic hydroxyl groups is 2. The molecule has 0 aliphatic heterocycles. The summed E-state index contributed by atoms with van der Waals surface area (Å²) in [4.78, 5) is 1.12. The van der Waals surface area contributed by atoms with Crippen LogP contribution in [0.15, 0.2) is 47.4 Å². The molecule has 0 spiro atoms. The Morgan fingerprint density at radius 1 is 1.06 bits per heavy atom. The molecule has 2 aromatic carbocycles. The van der Waals surface area contributed by atoms with Gasteiger partial charge in [0.2, 0.25) is 0 Å². The quantitative estimate of drug-likeness (QED) is 0.797. The second kappa shape index (κ2) is 5.34. The van der Waals surface area contributed by atoms with Gasteiger partial charge < -0.3 is 10.2 Å². The molecule has 0 fully saturated rings. The van der Waals surface area contributed by atoms with Crippen molar-refractivity contribution in [1.29, 1.82) is 0 Å². The molecular weight excluding hydrogens is 220 g/mol. The Kier molecular flexibility index (Phi) is 3.83. The highest BCUT2D eigenvalue weighted by molar-refractivity contribution is 7.99. The van der Waals surface area contributed by atoms with Crippen molar-refractivity contribution >= 4 is 22.5 Å². The van der Waals surface area contributed by atoms with Gasteiger partial charge in [0.1, 0.15) is 0 Å². The summed E-state index contributed by atoms with van der Waals surface area (Å²) < 4.78 is 0. The molecule has 0 radical (unpaired) electrons. The normalized spacial score (nSPS) is 12.9. The summed E-state index contributed by atoms with van der Waals surface area (Å²) in [6.45, 7) is -0.180. The summed E-state index contributed by atoms with van der Waals surface area (Å²) in [7, 11) is 0. The zero-order valence-electron chi connectivity index (χ0n) is 8.84. The average molecular weight is 234 g/mol. The van der Waals surface area contributed by atoms with Crippen molar-refractivity contribution in [3.63, 3.8) is 0 Å². The molecular formula is C13H14O2S. The summed E-state index contributed by atoms with van der Waals surface area (Å²) in [6, 6.07) is 14.4.